The zero-order chi connectivity index (χ0) is 14.9. The molecule has 2 N–H and O–H groups in total. The third-order valence-corrected chi connectivity index (χ3v) is 5.04. The van der Waals surface area contributed by atoms with Gasteiger partial charge in [-0.2, -0.15) is 18.6 Å². The van der Waals surface area contributed by atoms with Crippen LogP contribution in [0.25, 0.3) is 0 Å². The van der Waals surface area contributed by atoms with Crippen molar-refractivity contribution in [3.63, 3.8) is 0 Å². The summed E-state index contributed by atoms with van der Waals surface area (Å²) in [6.45, 7) is 1.92. The van der Waals surface area contributed by atoms with E-state index in [4.69, 9.17) is 0 Å². The summed E-state index contributed by atoms with van der Waals surface area (Å²) in [5, 5.41) is 11.6. The monoisotopic (exact) mass is 310 g/mol. The first-order chi connectivity index (χ1) is 10.1. The Labute approximate surface area is 123 Å². The molecule has 3 rings (SSSR count). The molecule has 2 aromatic rings. The van der Waals surface area contributed by atoms with Gasteiger partial charge >= 0.3 is 0 Å². The standard InChI is InChI=1S/C12H18N6O2S/c1-17-12(4-7-14-17)21(19,20)16-10-8-15-18(9-10)11-2-5-13-6-3-11/h4,7-9,11,13,16H,2-3,5-6H2,1H3. The third-order valence-electron chi connectivity index (χ3n) is 3.59. The molecule has 0 saturated carbocycles. The summed E-state index contributed by atoms with van der Waals surface area (Å²) in [4.78, 5) is 0. The summed E-state index contributed by atoms with van der Waals surface area (Å²) in [6.07, 6.45) is 6.72. The minimum absolute atomic E-state index is 0.122. The number of rotatable bonds is 4. The van der Waals surface area contributed by atoms with E-state index in [0.29, 0.717) is 11.7 Å². The van der Waals surface area contributed by atoms with E-state index in [1.807, 2.05) is 4.68 Å². The van der Waals surface area contributed by atoms with Gasteiger partial charge in [0, 0.05) is 13.2 Å². The van der Waals surface area contributed by atoms with Crippen LogP contribution in [-0.2, 0) is 17.1 Å². The number of aromatic nitrogens is 4. The van der Waals surface area contributed by atoms with Gasteiger partial charge in [-0.05, 0) is 32.0 Å². The highest BCUT2D eigenvalue weighted by atomic mass is 32.2. The van der Waals surface area contributed by atoms with Gasteiger partial charge in [0.05, 0.1) is 24.1 Å². The van der Waals surface area contributed by atoms with Crippen molar-refractivity contribution < 1.29 is 8.42 Å². The molecule has 1 saturated heterocycles. The predicted octanol–water partition coefficient (Wildman–Crippen LogP) is 0.342. The van der Waals surface area contributed by atoms with Crippen LogP contribution < -0.4 is 10.0 Å². The minimum Gasteiger partial charge on any atom is -0.317 e. The molecule has 0 aliphatic carbocycles. The fourth-order valence-electron chi connectivity index (χ4n) is 2.49. The molecule has 21 heavy (non-hydrogen) atoms. The Hall–Kier alpha value is -1.87. The first-order valence-electron chi connectivity index (χ1n) is 6.82. The van der Waals surface area contributed by atoms with Gasteiger partial charge < -0.3 is 5.32 Å². The quantitative estimate of drug-likeness (QED) is 0.849. The van der Waals surface area contributed by atoms with Gasteiger partial charge in [-0.3, -0.25) is 14.1 Å². The van der Waals surface area contributed by atoms with Crippen LogP contribution in [0.3, 0.4) is 0 Å². The van der Waals surface area contributed by atoms with Gasteiger partial charge in [-0.1, -0.05) is 0 Å². The first kappa shape index (κ1) is 14.1. The number of sulfonamides is 1. The molecule has 0 radical (unpaired) electrons. The third kappa shape index (κ3) is 2.93. The fourth-order valence-corrected chi connectivity index (χ4v) is 3.65. The van der Waals surface area contributed by atoms with Crippen LogP contribution in [0.2, 0.25) is 0 Å². The number of nitrogens with one attached hydrogen (secondary N) is 2. The molecule has 1 aliphatic rings. The van der Waals surface area contributed by atoms with Crippen LogP contribution in [0.4, 0.5) is 5.69 Å². The van der Waals surface area contributed by atoms with Crippen molar-refractivity contribution >= 4 is 15.7 Å². The maximum atomic E-state index is 12.3. The lowest BCUT2D eigenvalue weighted by atomic mass is 10.1. The molecule has 114 valence electrons. The topological polar surface area (TPSA) is 93.8 Å². The Bertz CT molecular complexity index is 714. The lowest BCUT2D eigenvalue weighted by Crippen LogP contribution is -2.29. The van der Waals surface area contributed by atoms with E-state index in [0.717, 1.165) is 25.9 Å². The van der Waals surface area contributed by atoms with E-state index in [1.54, 1.807) is 13.2 Å². The van der Waals surface area contributed by atoms with E-state index in [9.17, 15) is 8.42 Å². The summed E-state index contributed by atoms with van der Waals surface area (Å²) in [5.74, 6) is 0. The SMILES string of the molecule is Cn1nccc1S(=O)(=O)Nc1cnn(C2CCNCC2)c1. The first-order valence-corrected chi connectivity index (χ1v) is 8.30. The van der Waals surface area contributed by atoms with Crippen molar-refractivity contribution in [3.8, 4) is 0 Å². The molecule has 0 spiro atoms. The van der Waals surface area contributed by atoms with Crippen LogP contribution in [0, 0.1) is 0 Å². The van der Waals surface area contributed by atoms with E-state index in [1.165, 1.54) is 23.1 Å². The van der Waals surface area contributed by atoms with Crippen molar-refractivity contribution in [3.05, 3.63) is 24.7 Å². The van der Waals surface area contributed by atoms with E-state index in [2.05, 4.69) is 20.2 Å². The molecule has 0 bridgehead atoms. The summed E-state index contributed by atoms with van der Waals surface area (Å²) in [6, 6.07) is 1.78. The second-order valence-corrected chi connectivity index (χ2v) is 6.72. The van der Waals surface area contributed by atoms with Gasteiger partial charge in [0.25, 0.3) is 10.0 Å². The fraction of sp³-hybridized carbons (Fsp3) is 0.500. The van der Waals surface area contributed by atoms with Crippen LogP contribution in [0.1, 0.15) is 18.9 Å². The van der Waals surface area contributed by atoms with Crippen molar-refractivity contribution in [1.29, 1.82) is 0 Å². The van der Waals surface area contributed by atoms with E-state index >= 15 is 0 Å². The average Bonchev–Trinajstić information content (AvgIpc) is 3.08. The smallest absolute Gasteiger partial charge is 0.279 e. The summed E-state index contributed by atoms with van der Waals surface area (Å²) >= 11 is 0. The van der Waals surface area contributed by atoms with Crippen molar-refractivity contribution in [2.75, 3.05) is 17.8 Å². The molecule has 1 aliphatic heterocycles. The van der Waals surface area contributed by atoms with Gasteiger partial charge in [-0.25, -0.2) is 0 Å². The van der Waals surface area contributed by atoms with E-state index < -0.39 is 10.0 Å². The van der Waals surface area contributed by atoms with Gasteiger partial charge in [0.15, 0.2) is 5.03 Å². The molecular weight excluding hydrogens is 292 g/mol. The minimum atomic E-state index is -3.63. The predicted molar refractivity (Wildman–Crippen MR) is 77.4 cm³/mol. The molecule has 2 aromatic heterocycles. The van der Waals surface area contributed by atoms with Gasteiger partial charge in [0.2, 0.25) is 0 Å². The zero-order valence-electron chi connectivity index (χ0n) is 11.7. The van der Waals surface area contributed by atoms with Crippen LogP contribution in [0.15, 0.2) is 29.7 Å². The van der Waals surface area contributed by atoms with Crippen LogP contribution >= 0.6 is 0 Å². The summed E-state index contributed by atoms with van der Waals surface area (Å²) in [5.41, 5.74) is 0.467. The highest BCUT2D eigenvalue weighted by Crippen LogP contribution is 2.21. The maximum absolute atomic E-state index is 12.3. The van der Waals surface area contributed by atoms with Gasteiger partial charge in [0.1, 0.15) is 0 Å². The Kier molecular flexibility index (Phi) is 3.68. The lowest BCUT2D eigenvalue weighted by Gasteiger charge is -2.22. The molecule has 8 nitrogen and oxygen atoms in total. The van der Waals surface area contributed by atoms with Crippen LogP contribution in [-0.4, -0.2) is 41.1 Å². The Morgan fingerprint density at radius 1 is 1.33 bits per heavy atom. The Morgan fingerprint density at radius 3 is 2.76 bits per heavy atom. The normalized spacial score (nSPS) is 17.0. The maximum Gasteiger partial charge on any atom is 0.279 e. The highest BCUT2D eigenvalue weighted by molar-refractivity contribution is 7.92. The largest absolute Gasteiger partial charge is 0.317 e. The Balaban J connectivity index is 1.76. The molecule has 0 aromatic carbocycles. The number of piperidine rings is 1. The molecule has 0 unspecified atom stereocenters. The van der Waals surface area contributed by atoms with Crippen molar-refractivity contribution in [2.45, 2.75) is 23.9 Å². The molecule has 1 fully saturated rings. The Morgan fingerprint density at radius 2 is 2.10 bits per heavy atom. The molecule has 3 heterocycles. The summed E-state index contributed by atoms with van der Waals surface area (Å²) in [7, 11) is -2.04. The number of hydrogen-bond donors (Lipinski definition) is 2. The molecule has 0 amide bonds. The average molecular weight is 310 g/mol. The van der Waals surface area contributed by atoms with E-state index in [-0.39, 0.29) is 5.03 Å². The zero-order valence-corrected chi connectivity index (χ0v) is 12.5. The van der Waals surface area contributed by atoms with Crippen molar-refractivity contribution in [2.24, 2.45) is 7.05 Å². The lowest BCUT2D eigenvalue weighted by molar-refractivity contribution is 0.343. The molecular formula is C12H18N6O2S. The van der Waals surface area contributed by atoms with Crippen molar-refractivity contribution in [1.82, 2.24) is 24.9 Å². The highest BCUT2D eigenvalue weighted by Gasteiger charge is 2.20. The second kappa shape index (κ2) is 5.49. The number of aryl methyl sites for hydroxylation is 1. The molecule has 0 atom stereocenters. The second-order valence-electron chi connectivity index (χ2n) is 5.09. The number of anilines is 1. The van der Waals surface area contributed by atoms with Gasteiger partial charge in [-0.15, -0.1) is 0 Å². The number of nitrogens with zero attached hydrogens (tertiary/aromatic N) is 4. The molecule has 9 heteroatoms. The summed E-state index contributed by atoms with van der Waals surface area (Å²) < 4.78 is 30.2. The number of hydrogen-bond acceptors (Lipinski definition) is 5. The van der Waals surface area contributed by atoms with Crippen LogP contribution in [0.5, 0.6) is 0 Å².